The summed E-state index contributed by atoms with van der Waals surface area (Å²) >= 11 is 0. The Balaban J connectivity index is 0.000000423. The number of aliphatic carboxylic acids is 1. The molecule has 0 radical (unpaired) electrons. The van der Waals surface area contributed by atoms with Crippen LogP contribution in [0.25, 0.3) is 0 Å². The minimum atomic E-state index is -0.833. The van der Waals surface area contributed by atoms with Crippen molar-refractivity contribution in [2.24, 2.45) is 5.92 Å². The fourth-order valence-electron chi connectivity index (χ4n) is 1.53. The third kappa shape index (κ3) is 6.07. The summed E-state index contributed by atoms with van der Waals surface area (Å²) in [6.07, 6.45) is 2.61. The van der Waals surface area contributed by atoms with Crippen LogP contribution in [0.15, 0.2) is 24.3 Å². The minimum Gasteiger partial charge on any atom is -0.481 e. The zero-order valence-electron chi connectivity index (χ0n) is 9.49. The van der Waals surface area contributed by atoms with E-state index in [0.29, 0.717) is 5.92 Å². The number of hydrogen-bond acceptors (Lipinski definition) is 2. The van der Waals surface area contributed by atoms with E-state index in [0.717, 1.165) is 31.8 Å². The van der Waals surface area contributed by atoms with Crippen molar-refractivity contribution in [3.8, 4) is 0 Å². The Morgan fingerprint density at radius 1 is 1.47 bits per heavy atom. The molecule has 2 N–H and O–H groups in total. The largest absolute Gasteiger partial charge is 0.481 e. The first-order chi connectivity index (χ1) is 6.84. The highest BCUT2D eigenvalue weighted by Crippen LogP contribution is 2.31. The monoisotopic (exact) mass is 212 g/mol. The van der Waals surface area contributed by atoms with Gasteiger partial charge in [0, 0.05) is 6.92 Å². The molecule has 1 saturated carbocycles. The lowest BCUT2D eigenvalue weighted by atomic mass is 9.81. The first kappa shape index (κ1) is 13.9. The molecular formula is C12H20O3. The van der Waals surface area contributed by atoms with Gasteiger partial charge in [0.05, 0.1) is 6.10 Å². The average Bonchev–Trinajstić information content (AvgIpc) is 2.08. The number of carboxylic acids is 1. The summed E-state index contributed by atoms with van der Waals surface area (Å²) in [6.45, 7) is 10.8. The van der Waals surface area contributed by atoms with Crippen molar-refractivity contribution in [3.05, 3.63) is 24.3 Å². The normalized spacial score (nSPS) is 25.1. The lowest BCUT2D eigenvalue weighted by Gasteiger charge is -2.27. The molecule has 1 aliphatic rings. The zero-order valence-corrected chi connectivity index (χ0v) is 9.49. The Kier molecular flexibility index (Phi) is 5.94. The number of rotatable bonds is 1. The van der Waals surface area contributed by atoms with Crippen molar-refractivity contribution in [3.63, 3.8) is 0 Å². The lowest BCUT2D eigenvalue weighted by Crippen LogP contribution is -2.22. The van der Waals surface area contributed by atoms with E-state index in [1.54, 1.807) is 0 Å². The molecule has 3 heteroatoms. The van der Waals surface area contributed by atoms with Crippen molar-refractivity contribution in [2.75, 3.05) is 0 Å². The Morgan fingerprint density at radius 3 is 2.27 bits per heavy atom. The zero-order chi connectivity index (χ0) is 12.0. The van der Waals surface area contributed by atoms with Crippen LogP contribution in [0, 0.1) is 5.92 Å². The summed E-state index contributed by atoms with van der Waals surface area (Å²) in [7, 11) is 0. The van der Waals surface area contributed by atoms with Gasteiger partial charge >= 0.3 is 0 Å². The van der Waals surface area contributed by atoms with Crippen molar-refractivity contribution < 1.29 is 15.0 Å². The summed E-state index contributed by atoms with van der Waals surface area (Å²) in [5.74, 6) is -0.324. The molecule has 2 atom stereocenters. The predicted molar refractivity (Wildman–Crippen MR) is 60.6 cm³/mol. The van der Waals surface area contributed by atoms with E-state index in [4.69, 9.17) is 9.90 Å². The van der Waals surface area contributed by atoms with Gasteiger partial charge in [-0.05, 0) is 37.7 Å². The van der Waals surface area contributed by atoms with Gasteiger partial charge in [0.1, 0.15) is 0 Å². The Labute approximate surface area is 91.1 Å². The van der Waals surface area contributed by atoms with Gasteiger partial charge in [0.2, 0.25) is 0 Å². The molecule has 3 nitrogen and oxygen atoms in total. The summed E-state index contributed by atoms with van der Waals surface area (Å²) in [5.41, 5.74) is 2.18. The van der Waals surface area contributed by atoms with Crippen molar-refractivity contribution in [1.82, 2.24) is 0 Å². The van der Waals surface area contributed by atoms with Crippen molar-refractivity contribution in [2.45, 2.75) is 39.2 Å². The number of allylic oxidation sites excluding steroid dienone is 1. The minimum absolute atomic E-state index is 0.287. The maximum atomic E-state index is 9.46. The molecule has 0 heterocycles. The summed E-state index contributed by atoms with van der Waals surface area (Å²) in [5, 5.41) is 16.9. The Bertz CT molecular complexity index is 252. The number of aliphatic hydroxyl groups excluding tert-OH is 1. The van der Waals surface area contributed by atoms with E-state index < -0.39 is 5.97 Å². The van der Waals surface area contributed by atoms with E-state index >= 15 is 0 Å². The second-order valence-corrected chi connectivity index (χ2v) is 4.01. The fourth-order valence-corrected chi connectivity index (χ4v) is 1.53. The van der Waals surface area contributed by atoms with Crippen LogP contribution < -0.4 is 0 Å². The number of hydrogen-bond donors (Lipinski definition) is 2. The van der Waals surface area contributed by atoms with E-state index in [2.05, 4.69) is 13.2 Å². The molecule has 86 valence electrons. The highest BCUT2D eigenvalue weighted by Gasteiger charge is 2.22. The highest BCUT2D eigenvalue weighted by atomic mass is 16.4. The van der Waals surface area contributed by atoms with E-state index in [1.165, 1.54) is 5.57 Å². The number of carbonyl (C=O) groups is 1. The number of aliphatic hydroxyl groups is 1. The molecule has 0 aliphatic heterocycles. The molecule has 15 heavy (non-hydrogen) atoms. The second kappa shape index (κ2) is 6.40. The van der Waals surface area contributed by atoms with Crippen LogP contribution in [-0.2, 0) is 4.79 Å². The summed E-state index contributed by atoms with van der Waals surface area (Å²) in [4.78, 5) is 9.00. The average molecular weight is 212 g/mol. The molecule has 0 amide bonds. The van der Waals surface area contributed by atoms with Gasteiger partial charge in [0.15, 0.2) is 0 Å². The third-order valence-corrected chi connectivity index (χ3v) is 2.49. The quantitative estimate of drug-likeness (QED) is 0.656. The molecule has 0 spiro atoms. The smallest absolute Gasteiger partial charge is 0.300 e. The van der Waals surface area contributed by atoms with Crippen LogP contribution in [0.4, 0.5) is 0 Å². The van der Waals surface area contributed by atoms with Gasteiger partial charge in [-0.15, -0.1) is 0 Å². The Hall–Kier alpha value is -1.09. The molecule has 0 saturated heterocycles. The molecule has 1 aliphatic carbocycles. The van der Waals surface area contributed by atoms with Crippen LogP contribution in [0.3, 0.4) is 0 Å². The molecule has 0 aromatic carbocycles. The highest BCUT2D eigenvalue weighted by molar-refractivity contribution is 5.62. The molecular weight excluding hydrogens is 192 g/mol. The molecule has 0 aromatic rings. The predicted octanol–water partition coefficient (Wildman–Crippen LogP) is 2.37. The molecule has 0 bridgehead atoms. The van der Waals surface area contributed by atoms with Crippen LogP contribution in [0.5, 0.6) is 0 Å². The van der Waals surface area contributed by atoms with Crippen LogP contribution in [-0.4, -0.2) is 22.3 Å². The van der Waals surface area contributed by atoms with E-state index in [-0.39, 0.29) is 6.10 Å². The topological polar surface area (TPSA) is 57.5 Å². The van der Waals surface area contributed by atoms with E-state index in [1.807, 2.05) is 6.92 Å². The number of carboxylic acid groups (broad SMARTS) is 1. The standard InChI is InChI=1S/C10H16O.C2H4O2/c1-7(2)9-5-4-8(3)10(11)6-9;1-2(3)4/h9-11H,1,3-6H2,2H3;1H3,(H,3,4)/t9-,10+;/m1./s1. The van der Waals surface area contributed by atoms with Gasteiger partial charge in [-0.3, -0.25) is 4.79 Å². The van der Waals surface area contributed by atoms with Gasteiger partial charge in [-0.2, -0.15) is 0 Å². The lowest BCUT2D eigenvalue weighted by molar-refractivity contribution is -0.134. The van der Waals surface area contributed by atoms with Gasteiger partial charge < -0.3 is 10.2 Å². The molecule has 0 aromatic heterocycles. The van der Waals surface area contributed by atoms with Crippen molar-refractivity contribution >= 4 is 5.97 Å². The first-order valence-electron chi connectivity index (χ1n) is 5.05. The first-order valence-corrected chi connectivity index (χ1v) is 5.05. The van der Waals surface area contributed by atoms with Crippen molar-refractivity contribution in [1.29, 1.82) is 0 Å². The van der Waals surface area contributed by atoms with Crippen LogP contribution in [0.1, 0.15) is 33.1 Å². The molecule has 1 rings (SSSR count). The van der Waals surface area contributed by atoms with Gasteiger partial charge in [-0.25, -0.2) is 0 Å². The maximum absolute atomic E-state index is 9.46. The molecule has 1 fully saturated rings. The van der Waals surface area contributed by atoms with Crippen LogP contribution >= 0.6 is 0 Å². The SMILES string of the molecule is C=C(C)[C@@H]1CCC(=C)[C@@H](O)C1.CC(=O)O. The Morgan fingerprint density at radius 2 is 1.93 bits per heavy atom. The maximum Gasteiger partial charge on any atom is 0.300 e. The summed E-state index contributed by atoms with van der Waals surface area (Å²) < 4.78 is 0. The fraction of sp³-hybridized carbons (Fsp3) is 0.583. The van der Waals surface area contributed by atoms with E-state index in [9.17, 15) is 5.11 Å². The van der Waals surface area contributed by atoms with Gasteiger partial charge in [0.25, 0.3) is 5.97 Å². The van der Waals surface area contributed by atoms with Crippen LogP contribution in [0.2, 0.25) is 0 Å². The molecule has 0 unspecified atom stereocenters. The third-order valence-electron chi connectivity index (χ3n) is 2.49. The second-order valence-electron chi connectivity index (χ2n) is 4.01. The van der Waals surface area contributed by atoms with Gasteiger partial charge in [-0.1, -0.05) is 18.7 Å². The summed E-state index contributed by atoms with van der Waals surface area (Å²) in [6, 6.07) is 0.